The molecule has 0 fully saturated rings. The quantitative estimate of drug-likeness (QED) is 0.189. The lowest BCUT2D eigenvalue weighted by Gasteiger charge is -2.24. The highest BCUT2D eigenvalue weighted by molar-refractivity contribution is 5.65. The first-order valence-corrected chi connectivity index (χ1v) is 14.4. The molecular weight excluding hydrogens is 480 g/mol. The number of hydrogen-bond acceptors (Lipinski definition) is 0. The summed E-state index contributed by atoms with van der Waals surface area (Å²) in [5, 5.41) is 0. The molecule has 0 radical (unpaired) electrons. The first-order chi connectivity index (χ1) is 19.7. The summed E-state index contributed by atoms with van der Waals surface area (Å²) in [6, 6.07) is 49.1. The summed E-state index contributed by atoms with van der Waals surface area (Å²) < 4.78 is 0. The zero-order valence-corrected chi connectivity index (χ0v) is 23.4. The molecule has 0 aromatic heterocycles. The predicted molar refractivity (Wildman–Crippen MR) is 170 cm³/mol. The van der Waals surface area contributed by atoms with E-state index in [1.54, 1.807) is 0 Å². The normalized spacial score (nSPS) is 14.7. The van der Waals surface area contributed by atoms with Crippen LogP contribution in [0.3, 0.4) is 0 Å². The van der Waals surface area contributed by atoms with Gasteiger partial charge in [0.2, 0.25) is 0 Å². The fourth-order valence-electron chi connectivity index (χ4n) is 5.98. The average Bonchev–Trinajstić information content (AvgIpc) is 3.01. The van der Waals surface area contributed by atoms with Crippen molar-refractivity contribution in [2.75, 3.05) is 0 Å². The van der Waals surface area contributed by atoms with Gasteiger partial charge in [0.05, 0.1) is 0 Å². The Bertz CT molecular complexity index is 1600. The number of rotatable bonds is 7. The van der Waals surface area contributed by atoms with E-state index in [1.807, 2.05) is 0 Å². The summed E-state index contributed by atoms with van der Waals surface area (Å²) in [7, 11) is 0. The van der Waals surface area contributed by atoms with E-state index < -0.39 is 0 Å². The van der Waals surface area contributed by atoms with Crippen LogP contribution in [0.25, 0.3) is 11.1 Å². The number of hydrogen-bond donors (Lipinski definition) is 0. The number of allylic oxidation sites excluding steroid dienone is 4. The molecule has 0 saturated carbocycles. The van der Waals surface area contributed by atoms with E-state index in [1.165, 1.54) is 55.7 Å². The Labute approximate surface area is 239 Å². The van der Waals surface area contributed by atoms with Gasteiger partial charge in [0.15, 0.2) is 0 Å². The van der Waals surface area contributed by atoms with Gasteiger partial charge < -0.3 is 0 Å². The molecule has 0 nitrogen and oxygen atoms in total. The van der Waals surface area contributed by atoms with E-state index in [9.17, 15) is 0 Å². The second-order valence-electron chi connectivity index (χ2n) is 11.1. The molecule has 196 valence electrons. The largest absolute Gasteiger partial charge is 0.0730 e. The Kier molecular flexibility index (Phi) is 7.60. The maximum absolute atomic E-state index is 2.35. The Morgan fingerprint density at radius 1 is 0.400 bits per heavy atom. The van der Waals surface area contributed by atoms with Crippen molar-refractivity contribution in [1.29, 1.82) is 0 Å². The van der Waals surface area contributed by atoms with E-state index in [-0.39, 0.29) is 5.92 Å². The van der Waals surface area contributed by atoms with Gasteiger partial charge in [0, 0.05) is 11.8 Å². The smallest absolute Gasteiger partial charge is 0.0339 e. The van der Waals surface area contributed by atoms with Crippen molar-refractivity contribution in [3.63, 3.8) is 0 Å². The van der Waals surface area contributed by atoms with E-state index in [4.69, 9.17) is 0 Å². The molecule has 0 heteroatoms. The molecule has 1 aliphatic carbocycles. The maximum atomic E-state index is 2.35. The van der Waals surface area contributed by atoms with Crippen molar-refractivity contribution in [2.24, 2.45) is 0 Å². The number of aryl methyl sites for hydroxylation is 1. The Balaban J connectivity index is 1.30. The van der Waals surface area contributed by atoms with Crippen LogP contribution in [-0.4, -0.2) is 0 Å². The molecule has 2 unspecified atom stereocenters. The minimum absolute atomic E-state index is 0.214. The monoisotopic (exact) mass is 516 g/mol. The molecule has 0 N–H and O–H groups in total. The van der Waals surface area contributed by atoms with Crippen LogP contribution in [0.5, 0.6) is 0 Å². The van der Waals surface area contributed by atoms with Crippen molar-refractivity contribution in [3.8, 4) is 11.1 Å². The predicted octanol–water partition coefficient (Wildman–Crippen LogP) is 10.6. The molecule has 5 aromatic carbocycles. The highest BCUT2D eigenvalue weighted by Crippen LogP contribution is 2.38. The van der Waals surface area contributed by atoms with Gasteiger partial charge in [-0.15, -0.1) is 0 Å². The van der Waals surface area contributed by atoms with Crippen LogP contribution in [0.2, 0.25) is 0 Å². The summed E-state index contributed by atoms with van der Waals surface area (Å²) in [5.74, 6) is 0.509. The molecule has 40 heavy (non-hydrogen) atoms. The van der Waals surface area contributed by atoms with Crippen LogP contribution in [0, 0.1) is 6.92 Å². The minimum Gasteiger partial charge on any atom is -0.0730 e. The van der Waals surface area contributed by atoms with Crippen molar-refractivity contribution < 1.29 is 0 Å². The van der Waals surface area contributed by atoms with Crippen LogP contribution in [0.1, 0.15) is 65.0 Å². The molecule has 0 amide bonds. The van der Waals surface area contributed by atoms with Gasteiger partial charge in [-0.3, -0.25) is 0 Å². The zero-order chi connectivity index (χ0) is 27.3. The lowest BCUT2D eigenvalue weighted by molar-refractivity contribution is 0.808. The maximum Gasteiger partial charge on any atom is 0.0339 e. The fourth-order valence-corrected chi connectivity index (χ4v) is 5.98. The third kappa shape index (κ3) is 5.63. The molecule has 0 bridgehead atoms. The van der Waals surface area contributed by atoms with Gasteiger partial charge in [0.25, 0.3) is 0 Å². The third-order valence-corrected chi connectivity index (χ3v) is 8.26. The van der Waals surface area contributed by atoms with Crippen LogP contribution in [-0.2, 0) is 0 Å². The molecule has 2 atom stereocenters. The van der Waals surface area contributed by atoms with Gasteiger partial charge in [-0.05, 0) is 65.6 Å². The lowest BCUT2D eigenvalue weighted by atomic mass is 9.80. The average molecular weight is 517 g/mol. The van der Waals surface area contributed by atoms with Crippen molar-refractivity contribution in [1.82, 2.24) is 0 Å². The first kappa shape index (κ1) is 25.8. The molecule has 6 rings (SSSR count). The fraction of sp³-hybridized carbons (Fsp3) is 0.150. The van der Waals surface area contributed by atoms with Gasteiger partial charge in [-0.25, -0.2) is 0 Å². The van der Waals surface area contributed by atoms with Crippen LogP contribution < -0.4 is 0 Å². The Morgan fingerprint density at radius 3 is 1.30 bits per heavy atom. The van der Waals surface area contributed by atoms with Gasteiger partial charge in [-0.1, -0.05) is 162 Å². The van der Waals surface area contributed by atoms with Crippen LogP contribution >= 0.6 is 0 Å². The molecule has 0 aliphatic heterocycles. The van der Waals surface area contributed by atoms with Crippen molar-refractivity contribution in [2.45, 2.75) is 38.5 Å². The van der Waals surface area contributed by atoms with Crippen LogP contribution in [0.4, 0.5) is 0 Å². The second-order valence-corrected chi connectivity index (χ2v) is 11.1. The standard InChI is InChI=1S/C40H36/c1-29-13-17-35(18-14-29)39(33-9-5-3-6-10-33)37-25-21-31(22-26-37)32-23-27-38(28-24-32)40(34-11-7-4-8-12-34)36-19-15-30(2)16-20-36/h3-15,17-19,21-28,39-40H,16,20H2,1-2H3. The van der Waals surface area contributed by atoms with E-state index in [2.05, 4.69) is 159 Å². The Morgan fingerprint density at radius 2 is 0.825 bits per heavy atom. The summed E-state index contributed by atoms with van der Waals surface area (Å²) in [5.41, 5.74) is 13.4. The van der Waals surface area contributed by atoms with Gasteiger partial charge in [0.1, 0.15) is 0 Å². The van der Waals surface area contributed by atoms with Crippen LogP contribution in [0.15, 0.2) is 157 Å². The zero-order valence-electron chi connectivity index (χ0n) is 23.4. The van der Waals surface area contributed by atoms with E-state index in [0.717, 1.165) is 12.8 Å². The Hall–Kier alpha value is -4.42. The third-order valence-electron chi connectivity index (χ3n) is 8.26. The number of benzene rings is 5. The topological polar surface area (TPSA) is 0 Å². The summed E-state index contributed by atoms with van der Waals surface area (Å²) >= 11 is 0. The molecule has 1 aliphatic rings. The SMILES string of the molecule is CC1=CC=C(C(c2ccccc2)c2ccc(-c3ccc(C(c4ccccc4)c4ccc(C)cc4)cc3)cc2)CC1. The van der Waals surface area contributed by atoms with Crippen molar-refractivity contribution >= 4 is 0 Å². The molecule has 0 saturated heterocycles. The summed E-state index contributed by atoms with van der Waals surface area (Å²) in [6.07, 6.45) is 6.91. The summed E-state index contributed by atoms with van der Waals surface area (Å²) in [6.45, 7) is 4.38. The second kappa shape index (κ2) is 11.8. The molecule has 0 heterocycles. The molecular formula is C40H36. The summed E-state index contributed by atoms with van der Waals surface area (Å²) in [4.78, 5) is 0. The van der Waals surface area contributed by atoms with E-state index >= 15 is 0 Å². The highest BCUT2D eigenvalue weighted by Gasteiger charge is 2.21. The minimum atomic E-state index is 0.214. The van der Waals surface area contributed by atoms with Crippen molar-refractivity contribution in [3.05, 3.63) is 190 Å². The molecule has 0 spiro atoms. The first-order valence-electron chi connectivity index (χ1n) is 14.4. The van der Waals surface area contributed by atoms with Gasteiger partial charge in [-0.2, -0.15) is 0 Å². The lowest BCUT2D eigenvalue weighted by Crippen LogP contribution is -2.07. The van der Waals surface area contributed by atoms with E-state index in [0.29, 0.717) is 5.92 Å². The van der Waals surface area contributed by atoms with Gasteiger partial charge >= 0.3 is 0 Å². The molecule has 5 aromatic rings. The highest BCUT2D eigenvalue weighted by atomic mass is 14.2.